The Bertz CT molecular complexity index is 475. The van der Waals surface area contributed by atoms with Gasteiger partial charge in [-0.05, 0) is 32.4 Å². The van der Waals surface area contributed by atoms with Crippen molar-refractivity contribution in [2.24, 2.45) is 0 Å². The lowest BCUT2D eigenvalue weighted by atomic mass is 10.3. The number of aromatic nitrogens is 1. The maximum Gasteiger partial charge on any atom is 0.117 e. The van der Waals surface area contributed by atoms with Crippen molar-refractivity contribution in [1.29, 1.82) is 0 Å². The first-order valence-electron chi connectivity index (χ1n) is 5.92. The molecule has 0 aliphatic carbocycles. The van der Waals surface area contributed by atoms with E-state index in [0.29, 0.717) is 0 Å². The Morgan fingerprint density at radius 3 is 2.88 bits per heavy atom. The predicted octanol–water partition coefficient (Wildman–Crippen LogP) is 3.46. The molecule has 0 saturated heterocycles. The van der Waals surface area contributed by atoms with Gasteiger partial charge in [0.15, 0.2) is 0 Å². The van der Waals surface area contributed by atoms with Crippen LogP contribution in [-0.2, 0) is 13.0 Å². The van der Waals surface area contributed by atoms with Gasteiger partial charge in [0, 0.05) is 11.1 Å². The smallest absolute Gasteiger partial charge is 0.117 e. The number of nitrogens with zero attached hydrogens (tertiary/aromatic N) is 1. The summed E-state index contributed by atoms with van der Waals surface area (Å²) in [6.45, 7) is 6.99. The highest BCUT2D eigenvalue weighted by atomic mass is 32.1. The molecule has 0 radical (unpaired) electrons. The maximum atomic E-state index is 5.52. The quantitative estimate of drug-likeness (QED) is 0.883. The normalized spacial score (nSPS) is 12.9. The van der Waals surface area contributed by atoms with E-state index < -0.39 is 0 Å². The molecule has 1 N–H and O–H groups in total. The second-order valence-corrected chi connectivity index (χ2v) is 5.28. The first-order chi connectivity index (χ1) is 8.19. The zero-order valence-electron chi connectivity index (χ0n) is 10.5. The summed E-state index contributed by atoms with van der Waals surface area (Å²) in [5, 5.41) is 4.56. The van der Waals surface area contributed by atoms with Crippen molar-refractivity contribution < 1.29 is 4.42 Å². The summed E-state index contributed by atoms with van der Waals surface area (Å²) in [6.07, 6.45) is 3.02. The van der Waals surface area contributed by atoms with Crippen LogP contribution in [0.2, 0.25) is 0 Å². The predicted molar refractivity (Wildman–Crippen MR) is 70.2 cm³/mol. The van der Waals surface area contributed by atoms with E-state index in [1.165, 1.54) is 4.88 Å². The molecule has 3 nitrogen and oxygen atoms in total. The fourth-order valence-corrected chi connectivity index (χ4v) is 2.49. The monoisotopic (exact) mass is 250 g/mol. The molecule has 2 rings (SSSR count). The van der Waals surface area contributed by atoms with Gasteiger partial charge in [-0.2, -0.15) is 0 Å². The minimum atomic E-state index is 0.269. The van der Waals surface area contributed by atoms with Crippen LogP contribution in [0.1, 0.15) is 41.3 Å². The van der Waals surface area contributed by atoms with Gasteiger partial charge in [0.05, 0.1) is 12.6 Å². The van der Waals surface area contributed by atoms with E-state index in [4.69, 9.17) is 4.42 Å². The molecular weight excluding hydrogens is 232 g/mol. The van der Waals surface area contributed by atoms with Crippen LogP contribution >= 0.6 is 11.3 Å². The second kappa shape index (κ2) is 5.47. The Kier molecular flexibility index (Phi) is 3.97. The van der Waals surface area contributed by atoms with E-state index in [9.17, 15) is 0 Å². The van der Waals surface area contributed by atoms with Crippen LogP contribution in [0.5, 0.6) is 0 Å². The SMILES string of the molecule is CCc1cnc(C(C)NCc2ccc(C)o2)s1. The fraction of sp³-hybridized carbons (Fsp3) is 0.462. The molecule has 0 fully saturated rings. The highest BCUT2D eigenvalue weighted by molar-refractivity contribution is 7.11. The van der Waals surface area contributed by atoms with Crippen molar-refractivity contribution >= 4 is 11.3 Å². The largest absolute Gasteiger partial charge is 0.465 e. The third-order valence-corrected chi connectivity index (χ3v) is 3.99. The van der Waals surface area contributed by atoms with E-state index in [1.54, 1.807) is 11.3 Å². The number of hydrogen-bond acceptors (Lipinski definition) is 4. The van der Waals surface area contributed by atoms with Gasteiger partial charge in [0.2, 0.25) is 0 Å². The molecule has 2 heterocycles. The highest BCUT2D eigenvalue weighted by Gasteiger charge is 2.10. The van der Waals surface area contributed by atoms with E-state index in [0.717, 1.165) is 29.5 Å². The molecule has 17 heavy (non-hydrogen) atoms. The lowest BCUT2D eigenvalue weighted by molar-refractivity contribution is 0.444. The van der Waals surface area contributed by atoms with Crippen LogP contribution in [0.3, 0.4) is 0 Å². The Labute approximate surface area is 106 Å². The lowest BCUT2D eigenvalue weighted by Gasteiger charge is -2.09. The van der Waals surface area contributed by atoms with Crippen molar-refractivity contribution in [1.82, 2.24) is 10.3 Å². The van der Waals surface area contributed by atoms with Crippen LogP contribution in [0.25, 0.3) is 0 Å². The molecule has 0 saturated carbocycles. The lowest BCUT2D eigenvalue weighted by Crippen LogP contribution is -2.17. The van der Waals surface area contributed by atoms with Gasteiger partial charge in [-0.15, -0.1) is 11.3 Å². The molecule has 2 aromatic rings. The molecule has 2 aromatic heterocycles. The molecule has 0 spiro atoms. The number of furan rings is 1. The van der Waals surface area contributed by atoms with Crippen LogP contribution in [-0.4, -0.2) is 4.98 Å². The van der Waals surface area contributed by atoms with Crippen molar-refractivity contribution in [2.75, 3.05) is 0 Å². The van der Waals surface area contributed by atoms with Crippen LogP contribution < -0.4 is 5.32 Å². The Morgan fingerprint density at radius 2 is 2.29 bits per heavy atom. The Balaban J connectivity index is 1.90. The molecule has 1 atom stereocenters. The number of hydrogen-bond donors (Lipinski definition) is 1. The summed E-state index contributed by atoms with van der Waals surface area (Å²) in [4.78, 5) is 5.77. The molecule has 0 aromatic carbocycles. The Morgan fingerprint density at radius 1 is 1.47 bits per heavy atom. The molecule has 4 heteroatoms. The summed E-state index contributed by atoms with van der Waals surface area (Å²) >= 11 is 1.78. The molecule has 0 aliphatic heterocycles. The average molecular weight is 250 g/mol. The van der Waals surface area contributed by atoms with E-state index in [1.807, 2.05) is 25.3 Å². The van der Waals surface area contributed by atoms with Gasteiger partial charge in [-0.25, -0.2) is 4.98 Å². The summed E-state index contributed by atoms with van der Waals surface area (Å²) in [7, 11) is 0. The maximum absolute atomic E-state index is 5.52. The van der Waals surface area contributed by atoms with Crippen LogP contribution in [0.4, 0.5) is 0 Å². The molecule has 0 aliphatic rings. The summed E-state index contributed by atoms with van der Waals surface area (Å²) in [5.74, 6) is 1.93. The first-order valence-corrected chi connectivity index (χ1v) is 6.74. The van der Waals surface area contributed by atoms with Crippen molar-refractivity contribution in [3.8, 4) is 0 Å². The van der Waals surface area contributed by atoms with Gasteiger partial charge in [0.1, 0.15) is 16.5 Å². The van der Waals surface area contributed by atoms with Gasteiger partial charge < -0.3 is 9.73 Å². The van der Waals surface area contributed by atoms with Gasteiger partial charge >= 0.3 is 0 Å². The summed E-state index contributed by atoms with van der Waals surface area (Å²) in [5.41, 5.74) is 0. The number of aryl methyl sites for hydroxylation is 2. The number of thiazole rings is 1. The standard InChI is InChI=1S/C13H18N2OS/c1-4-12-8-15-13(17-12)10(3)14-7-11-6-5-9(2)16-11/h5-6,8,10,14H,4,7H2,1-3H3. The zero-order valence-corrected chi connectivity index (χ0v) is 11.3. The van der Waals surface area contributed by atoms with Crippen molar-refractivity contribution in [3.05, 3.63) is 39.7 Å². The second-order valence-electron chi connectivity index (χ2n) is 4.13. The van der Waals surface area contributed by atoms with E-state index in [-0.39, 0.29) is 6.04 Å². The van der Waals surface area contributed by atoms with Crippen molar-refractivity contribution in [2.45, 2.75) is 39.8 Å². The average Bonchev–Trinajstić information content (AvgIpc) is 2.94. The summed E-state index contributed by atoms with van der Waals surface area (Å²) < 4.78 is 5.52. The minimum absolute atomic E-state index is 0.269. The Hall–Kier alpha value is -1.13. The third-order valence-electron chi connectivity index (χ3n) is 2.67. The zero-order chi connectivity index (χ0) is 12.3. The molecular formula is C13H18N2OS. The third kappa shape index (κ3) is 3.17. The minimum Gasteiger partial charge on any atom is -0.465 e. The molecule has 92 valence electrons. The number of nitrogens with one attached hydrogen (secondary N) is 1. The van der Waals surface area contributed by atoms with Gasteiger partial charge in [0.25, 0.3) is 0 Å². The first kappa shape index (κ1) is 12.3. The molecule has 0 amide bonds. The van der Waals surface area contributed by atoms with Crippen molar-refractivity contribution in [3.63, 3.8) is 0 Å². The summed E-state index contributed by atoms with van der Waals surface area (Å²) in [6, 6.07) is 4.26. The molecule has 0 bridgehead atoms. The van der Waals surface area contributed by atoms with E-state index >= 15 is 0 Å². The highest BCUT2D eigenvalue weighted by Crippen LogP contribution is 2.20. The molecule has 1 unspecified atom stereocenters. The topological polar surface area (TPSA) is 38.1 Å². The van der Waals surface area contributed by atoms with Crippen LogP contribution in [0, 0.1) is 6.92 Å². The number of rotatable bonds is 5. The van der Waals surface area contributed by atoms with E-state index in [2.05, 4.69) is 24.1 Å². The van der Waals surface area contributed by atoms with Crippen LogP contribution in [0.15, 0.2) is 22.7 Å². The fourth-order valence-electron chi connectivity index (χ4n) is 1.61. The van der Waals surface area contributed by atoms with Gasteiger partial charge in [-0.3, -0.25) is 0 Å². The van der Waals surface area contributed by atoms with Gasteiger partial charge in [-0.1, -0.05) is 6.92 Å².